The molecule has 1 aliphatic carbocycles. The molecule has 8 heteroatoms. The van der Waals surface area contributed by atoms with E-state index in [4.69, 9.17) is 0 Å². The molecule has 0 saturated heterocycles. The summed E-state index contributed by atoms with van der Waals surface area (Å²) in [6, 6.07) is 4.13. The van der Waals surface area contributed by atoms with Gasteiger partial charge in [0.2, 0.25) is 0 Å². The summed E-state index contributed by atoms with van der Waals surface area (Å²) in [7, 11) is 0. The third-order valence-corrected chi connectivity index (χ3v) is 4.35. The molecule has 2 amide bonds. The summed E-state index contributed by atoms with van der Waals surface area (Å²) in [5.74, 6) is -1.53. The van der Waals surface area contributed by atoms with E-state index in [1.807, 2.05) is 0 Å². The van der Waals surface area contributed by atoms with Crippen LogP contribution in [-0.2, 0) is 9.59 Å². The molecular formula is C17H20FN5O2. The number of carbonyl (C=O) groups excluding carboxylic acids is 2. The Bertz CT molecular complexity index is 762. The number of rotatable bonds is 3. The van der Waals surface area contributed by atoms with E-state index in [-0.39, 0.29) is 17.4 Å². The third kappa shape index (κ3) is 4.20. The highest BCUT2D eigenvalue weighted by Crippen LogP contribution is 2.23. The van der Waals surface area contributed by atoms with Crippen LogP contribution in [0.5, 0.6) is 0 Å². The Labute approximate surface area is 144 Å². The third-order valence-electron chi connectivity index (χ3n) is 4.35. The highest BCUT2D eigenvalue weighted by Gasteiger charge is 2.23. The summed E-state index contributed by atoms with van der Waals surface area (Å²) in [6.45, 7) is 2.14. The monoisotopic (exact) mass is 345 g/mol. The first-order valence-electron chi connectivity index (χ1n) is 8.29. The summed E-state index contributed by atoms with van der Waals surface area (Å²) in [5.41, 5.74) is 0.412. The van der Waals surface area contributed by atoms with E-state index in [0.29, 0.717) is 5.92 Å². The molecule has 1 aromatic carbocycles. The second kappa shape index (κ2) is 7.42. The lowest BCUT2D eigenvalue weighted by Crippen LogP contribution is -2.43. The Morgan fingerprint density at radius 3 is 2.80 bits per heavy atom. The highest BCUT2D eigenvalue weighted by molar-refractivity contribution is 6.39. The van der Waals surface area contributed by atoms with Crippen LogP contribution in [0.25, 0.3) is 5.69 Å². The standard InChI is InChI=1S/C17H20FN5O2/c1-11-3-2-4-12(7-11)21-16(24)17(25)22-13-5-6-15(14(18)8-13)23-10-19-9-20-23/h5-6,8-12H,2-4,7H2,1H3,(H,21,24)(H,22,25)/t11-,12+/m0/s1. The van der Waals surface area contributed by atoms with Crippen LogP contribution in [0.4, 0.5) is 10.1 Å². The van der Waals surface area contributed by atoms with Crippen molar-refractivity contribution in [1.82, 2.24) is 20.1 Å². The zero-order chi connectivity index (χ0) is 17.8. The first-order chi connectivity index (χ1) is 12.0. The minimum atomic E-state index is -0.800. The van der Waals surface area contributed by atoms with E-state index in [9.17, 15) is 14.0 Å². The zero-order valence-electron chi connectivity index (χ0n) is 13.9. The van der Waals surface area contributed by atoms with E-state index in [1.165, 1.54) is 29.5 Å². The number of nitrogens with zero attached hydrogens (tertiary/aromatic N) is 3. The van der Waals surface area contributed by atoms with Crippen molar-refractivity contribution in [3.63, 3.8) is 0 Å². The Hall–Kier alpha value is -2.77. The first-order valence-corrected chi connectivity index (χ1v) is 8.29. The number of anilines is 1. The smallest absolute Gasteiger partial charge is 0.313 e. The first kappa shape index (κ1) is 17.1. The van der Waals surface area contributed by atoms with E-state index >= 15 is 0 Å². The van der Waals surface area contributed by atoms with Gasteiger partial charge in [-0.2, -0.15) is 5.10 Å². The molecule has 132 valence electrons. The van der Waals surface area contributed by atoms with Crippen molar-refractivity contribution in [2.75, 3.05) is 5.32 Å². The van der Waals surface area contributed by atoms with Crippen LogP contribution in [0.2, 0.25) is 0 Å². The summed E-state index contributed by atoms with van der Waals surface area (Å²) in [4.78, 5) is 27.8. The van der Waals surface area contributed by atoms with Gasteiger partial charge in [0.25, 0.3) is 0 Å². The van der Waals surface area contributed by atoms with Crippen LogP contribution in [0.3, 0.4) is 0 Å². The van der Waals surface area contributed by atoms with Crippen molar-refractivity contribution >= 4 is 17.5 Å². The van der Waals surface area contributed by atoms with Gasteiger partial charge in [-0.25, -0.2) is 14.1 Å². The topological polar surface area (TPSA) is 88.9 Å². The van der Waals surface area contributed by atoms with E-state index in [0.717, 1.165) is 31.7 Å². The lowest BCUT2D eigenvalue weighted by Gasteiger charge is -2.27. The van der Waals surface area contributed by atoms with Crippen LogP contribution >= 0.6 is 0 Å². The second-order valence-electron chi connectivity index (χ2n) is 6.40. The molecule has 3 rings (SSSR count). The van der Waals surface area contributed by atoms with Crippen molar-refractivity contribution in [2.24, 2.45) is 5.92 Å². The molecule has 0 spiro atoms. The number of carbonyl (C=O) groups is 2. The van der Waals surface area contributed by atoms with Gasteiger partial charge in [-0.05, 0) is 37.0 Å². The molecule has 0 unspecified atom stereocenters. The van der Waals surface area contributed by atoms with Crippen molar-refractivity contribution in [2.45, 2.75) is 38.6 Å². The van der Waals surface area contributed by atoms with Gasteiger partial charge in [0.1, 0.15) is 18.3 Å². The van der Waals surface area contributed by atoms with Crippen LogP contribution < -0.4 is 10.6 Å². The average molecular weight is 345 g/mol. The lowest BCUT2D eigenvalue weighted by atomic mass is 9.87. The maximum Gasteiger partial charge on any atom is 0.313 e. The molecule has 2 aromatic rings. The Kier molecular flexibility index (Phi) is 5.06. The molecule has 1 heterocycles. The normalized spacial score (nSPS) is 20.1. The fourth-order valence-corrected chi connectivity index (χ4v) is 3.11. The van der Waals surface area contributed by atoms with Gasteiger partial charge < -0.3 is 10.6 Å². The predicted molar refractivity (Wildman–Crippen MR) is 89.5 cm³/mol. The molecule has 0 aliphatic heterocycles. The molecule has 2 atom stereocenters. The van der Waals surface area contributed by atoms with Gasteiger partial charge in [0, 0.05) is 11.7 Å². The maximum absolute atomic E-state index is 14.1. The molecule has 2 N–H and O–H groups in total. The van der Waals surface area contributed by atoms with E-state index < -0.39 is 17.6 Å². The highest BCUT2D eigenvalue weighted by atomic mass is 19.1. The van der Waals surface area contributed by atoms with Crippen molar-refractivity contribution in [1.29, 1.82) is 0 Å². The van der Waals surface area contributed by atoms with Crippen LogP contribution in [0.15, 0.2) is 30.9 Å². The number of aromatic nitrogens is 3. The molecular weight excluding hydrogens is 325 g/mol. The molecule has 1 fully saturated rings. The summed E-state index contributed by atoms with van der Waals surface area (Å²) in [6.07, 6.45) is 6.62. The van der Waals surface area contributed by atoms with Crippen molar-refractivity contribution < 1.29 is 14.0 Å². The Morgan fingerprint density at radius 1 is 1.28 bits per heavy atom. The SMILES string of the molecule is C[C@H]1CCC[C@@H](NC(=O)C(=O)Nc2ccc(-n3cncn3)c(F)c2)C1. The average Bonchev–Trinajstić information content (AvgIpc) is 3.09. The van der Waals surface area contributed by atoms with Crippen LogP contribution in [0.1, 0.15) is 32.6 Å². The maximum atomic E-state index is 14.1. The van der Waals surface area contributed by atoms with E-state index in [1.54, 1.807) is 0 Å². The van der Waals surface area contributed by atoms with Gasteiger partial charge >= 0.3 is 11.8 Å². The fraction of sp³-hybridized carbons (Fsp3) is 0.412. The van der Waals surface area contributed by atoms with Gasteiger partial charge in [0.15, 0.2) is 5.82 Å². The number of hydrogen-bond donors (Lipinski definition) is 2. The minimum Gasteiger partial charge on any atom is -0.345 e. The van der Waals surface area contributed by atoms with Gasteiger partial charge in [0.05, 0.1) is 0 Å². The van der Waals surface area contributed by atoms with Crippen molar-refractivity contribution in [3.05, 3.63) is 36.7 Å². The number of amides is 2. The number of halogens is 1. The lowest BCUT2D eigenvalue weighted by molar-refractivity contribution is -0.136. The van der Waals surface area contributed by atoms with E-state index in [2.05, 4.69) is 27.6 Å². The van der Waals surface area contributed by atoms with Gasteiger partial charge in [-0.3, -0.25) is 9.59 Å². The van der Waals surface area contributed by atoms with Crippen LogP contribution in [0, 0.1) is 11.7 Å². The number of hydrogen-bond acceptors (Lipinski definition) is 4. The number of nitrogens with one attached hydrogen (secondary N) is 2. The molecule has 1 aromatic heterocycles. The quantitative estimate of drug-likeness (QED) is 0.833. The minimum absolute atomic E-state index is 0.0217. The Balaban J connectivity index is 1.60. The predicted octanol–water partition coefficient (Wildman–Crippen LogP) is 2.04. The molecule has 0 radical (unpaired) electrons. The zero-order valence-corrected chi connectivity index (χ0v) is 13.9. The molecule has 1 saturated carbocycles. The largest absolute Gasteiger partial charge is 0.345 e. The van der Waals surface area contributed by atoms with Gasteiger partial charge in [-0.1, -0.05) is 19.8 Å². The summed E-state index contributed by atoms with van der Waals surface area (Å²) >= 11 is 0. The molecule has 0 bridgehead atoms. The fourth-order valence-electron chi connectivity index (χ4n) is 3.11. The van der Waals surface area contributed by atoms with Crippen molar-refractivity contribution in [3.8, 4) is 5.69 Å². The molecule has 1 aliphatic rings. The number of benzene rings is 1. The Morgan fingerprint density at radius 2 is 2.12 bits per heavy atom. The molecule has 7 nitrogen and oxygen atoms in total. The van der Waals surface area contributed by atoms with Gasteiger partial charge in [-0.15, -0.1) is 0 Å². The summed E-state index contributed by atoms with van der Waals surface area (Å²) < 4.78 is 15.4. The summed E-state index contributed by atoms with van der Waals surface area (Å²) in [5, 5.41) is 9.02. The second-order valence-corrected chi connectivity index (χ2v) is 6.40. The van der Waals surface area contributed by atoms with Crippen LogP contribution in [-0.4, -0.2) is 32.6 Å². The molecule has 25 heavy (non-hydrogen) atoms.